The van der Waals surface area contributed by atoms with Gasteiger partial charge in [-0.15, -0.1) is 0 Å². The molecule has 0 radical (unpaired) electrons. The van der Waals surface area contributed by atoms with Gasteiger partial charge in [0.15, 0.2) is 9.84 Å². The number of hydrogen-bond donors (Lipinski definition) is 1. The minimum absolute atomic E-state index is 0.435. The van der Waals surface area contributed by atoms with Gasteiger partial charge in [0.2, 0.25) is 0 Å². The highest BCUT2D eigenvalue weighted by Gasteiger charge is 2.69. The van der Waals surface area contributed by atoms with Gasteiger partial charge in [-0.1, -0.05) is 28.1 Å². The van der Waals surface area contributed by atoms with Gasteiger partial charge in [0.05, 0.1) is 6.07 Å². The molecule has 0 aliphatic heterocycles. The summed E-state index contributed by atoms with van der Waals surface area (Å²) in [5.41, 5.74) is 5.33. The lowest BCUT2D eigenvalue weighted by Gasteiger charge is -2.00. The van der Waals surface area contributed by atoms with Crippen molar-refractivity contribution < 1.29 is 8.42 Å². The van der Waals surface area contributed by atoms with Gasteiger partial charge in [0.1, 0.15) is 10.8 Å². The van der Waals surface area contributed by atoms with Gasteiger partial charge in [-0.05, 0) is 17.7 Å². The van der Waals surface area contributed by atoms with Crippen LogP contribution in [0.5, 0.6) is 0 Å². The van der Waals surface area contributed by atoms with E-state index < -0.39 is 26.5 Å². The summed E-state index contributed by atoms with van der Waals surface area (Å²) in [6.45, 7) is 0. The first-order chi connectivity index (χ1) is 7.80. The highest BCUT2D eigenvalue weighted by atomic mass is 79.9. The van der Waals surface area contributed by atoms with E-state index in [0.717, 1.165) is 16.3 Å². The van der Waals surface area contributed by atoms with E-state index in [1.165, 1.54) is 0 Å². The number of nitriles is 1. The number of hydrogen-bond acceptors (Lipinski definition) is 4. The number of rotatable bonds is 2. The van der Waals surface area contributed by atoms with Gasteiger partial charge in [0.25, 0.3) is 0 Å². The van der Waals surface area contributed by atoms with Crippen molar-refractivity contribution in [3.63, 3.8) is 0 Å². The normalized spacial score (nSPS) is 31.9. The highest BCUT2D eigenvalue weighted by Crippen LogP contribution is 2.53. The quantitative estimate of drug-likeness (QED) is 0.888. The summed E-state index contributed by atoms with van der Waals surface area (Å²) in [7, 11) is -3.32. The number of nitrogens with zero attached hydrogens (tertiary/aromatic N) is 1. The van der Waals surface area contributed by atoms with E-state index in [4.69, 9.17) is 11.0 Å². The molecule has 3 atom stereocenters. The van der Waals surface area contributed by atoms with Crippen molar-refractivity contribution in [2.75, 3.05) is 6.26 Å². The molecule has 1 aliphatic rings. The number of halogens is 1. The third-order valence-electron chi connectivity index (χ3n) is 3.06. The third-order valence-corrected chi connectivity index (χ3v) is 5.18. The second-order valence-electron chi connectivity index (χ2n) is 4.32. The SMILES string of the molecule is CS(=O)(=O)[C@H]1[C@H](c2ccc(Br)cc2)[C@@]1(N)C#N. The van der Waals surface area contributed by atoms with Crippen molar-refractivity contribution >= 4 is 25.8 Å². The van der Waals surface area contributed by atoms with Gasteiger partial charge in [-0.25, -0.2) is 8.42 Å². The summed E-state index contributed by atoms with van der Waals surface area (Å²) in [4.78, 5) is 0. The molecule has 0 amide bonds. The first-order valence-corrected chi connectivity index (χ1v) is 7.70. The largest absolute Gasteiger partial charge is 0.312 e. The molecule has 1 aromatic rings. The molecule has 0 spiro atoms. The van der Waals surface area contributed by atoms with Crippen molar-refractivity contribution in [3.05, 3.63) is 34.3 Å². The second kappa shape index (κ2) is 3.80. The van der Waals surface area contributed by atoms with Crippen molar-refractivity contribution in [2.24, 2.45) is 5.73 Å². The van der Waals surface area contributed by atoms with Crippen molar-refractivity contribution in [3.8, 4) is 6.07 Å². The van der Waals surface area contributed by atoms with Crippen molar-refractivity contribution in [1.29, 1.82) is 5.26 Å². The molecule has 0 heterocycles. The Kier molecular flexibility index (Phi) is 2.81. The molecule has 0 bridgehead atoms. The minimum Gasteiger partial charge on any atom is -0.312 e. The molecule has 6 heteroatoms. The zero-order chi connectivity index (χ0) is 12.8. The Bertz CT molecular complexity index is 591. The van der Waals surface area contributed by atoms with Gasteiger partial charge < -0.3 is 5.73 Å². The fraction of sp³-hybridized carbons (Fsp3) is 0.364. The molecule has 0 unspecified atom stereocenters. The van der Waals surface area contributed by atoms with Crippen LogP contribution in [0.2, 0.25) is 0 Å². The maximum Gasteiger partial charge on any atom is 0.153 e. The smallest absolute Gasteiger partial charge is 0.153 e. The standard InChI is InChI=1S/C11H11BrN2O2S/c1-17(15,16)10-9(11(10,14)6-13)7-2-4-8(12)5-3-7/h2-5,9-10H,14H2,1H3/t9-,10-,11-/m0/s1. The Hall–Kier alpha value is -0.900. The van der Waals surface area contributed by atoms with Crippen molar-refractivity contribution in [2.45, 2.75) is 16.7 Å². The third kappa shape index (κ3) is 1.99. The minimum atomic E-state index is -3.32. The van der Waals surface area contributed by atoms with Crippen LogP contribution in [-0.2, 0) is 9.84 Å². The van der Waals surface area contributed by atoms with Gasteiger partial charge in [-0.2, -0.15) is 5.26 Å². The van der Waals surface area contributed by atoms with Crippen LogP contribution >= 0.6 is 15.9 Å². The number of sulfone groups is 1. The molecule has 1 aromatic carbocycles. The zero-order valence-electron chi connectivity index (χ0n) is 9.09. The van der Waals surface area contributed by atoms with E-state index in [1.807, 2.05) is 18.2 Å². The maximum absolute atomic E-state index is 11.6. The Morgan fingerprint density at radius 1 is 1.41 bits per heavy atom. The lowest BCUT2D eigenvalue weighted by molar-refractivity contribution is 0.597. The van der Waals surface area contributed by atoms with Crippen LogP contribution in [-0.4, -0.2) is 25.5 Å². The molecule has 0 saturated heterocycles. The van der Waals surface area contributed by atoms with E-state index in [9.17, 15) is 8.42 Å². The number of nitrogens with two attached hydrogens (primary N) is 1. The molecule has 1 fully saturated rings. The zero-order valence-corrected chi connectivity index (χ0v) is 11.5. The topological polar surface area (TPSA) is 83.9 Å². The fourth-order valence-corrected chi connectivity index (χ4v) is 4.20. The highest BCUT2D eigenvalue weighted by molar-refractivity contribution is 9.10. The predicted octanol–water partition coefficient (Wildman–Crippen LogP) is 1.18. The Labute approximate surface area is 108 Å². The van der Waals surface area contributed by atoms with Crippen LogP contribution in [0.15, 0.2) is 28.7 Å². The molecule has 90 valence electrons. The van der Waals surface area contributed by atoms with E-state index in [2.05, 4.69) is 15.9 Å². The maximum atomic E-state index is 11.6. The van der Waals surface area contributed by atoms with Gasteiger partial charge in [-0.3, -0.25) is 0 Å². The molecule has 17 heavy (non-hydrogen) atoms. The van der Waals surface area contributed by atoms with E-state index >= 15 is 0 Å². The Morgan fingerprint density at radius 3 is 2.29 bits per heavy atom. The first-order valence-electron chi connectivity index (χ1n) is 4.95. The van der Waals surface area contributed by atoms with E-state index in [0.29, 0.717) is 0 Å². The molecule has 1 aliphatic carbocycles. The van der Waals surface area contributed by atoms with Gasteiger partial charge in [0, 0.05) is 16.6 Å². The second-order valence-corrected chi connectivity index (χ2v) is 7.41. The van der Waals surface area contributed by atoms with Crippen molar-refractivity contribution in [1.82, 2.24) is 0 Å². The molecule has 2 rings (SSSR count). The van der Waals surface area contributed by atoms with Crippen LogP contribution in [0.1, 0.15) is 11.5 Å². The van der Waals surface area contributed by atoms with Crippen LogP contribution in [0.4, 0.5) is 0 Å². The summed E-state index contributed by atoms with van der Waals surface area (Å²) in [5.74, 6) is -0.435. The van der Waals surface area contributed by atoms with Gasteiger partial charge >= 0.3 is 0 Å². The van der Waals surface area contributed by atoms with Crippen LogP contribution < -0.4 is 5.73 Å². The summed E-state index contributed by atoms with van der Waals surface area (Å²) in [6.07, 6.45) is 1.12. The molecule has 2 N–H and O–H groups in total. The van der Waals surface area contributed by atoms with Crippen LogP contribution in [0.25, 0.3) is 0 Å². The molecule has 1 saturated carbocycles. The van der Waals surface area contributed by atoms with E-state index in [1.54, 1.807) is 12.1 Å². The Balaban J connectivity index is 2.42. The first kappa shape index (κ1) is 12.6. The Morgan fingerprint density at radius 2 is 1.94 bits per heavy atom. The average Bonchev–Trinajstić information content (AvgIpc) is 2.87. The summed E-state index contributed by atoms with van der Waals surface area (Å²) in [5, 5.41) is 8.23. The average molecular weight is 315 g/mol. The van der Waals surface area contributed by atoms with Crippen LogP contribution in [0.3, 0.4) is 0 Å². The van der Waals surface area contributed by atoms with Crippen LogP contribution in [0, 0.1) is 11.3 Å². The predicted molar refractivity (Wildman–Crippen MR) is 68.0 cm³/mol. The summed E-state index contributed by atoms with van der Waals surface area (Å²) in [6, 6.07) is 9.12. The number of benzene rings is 1. The molecular weight excluding hydrogens is 304 g/mol. The van der Waals surface area contributed by atoms with E-state index in [-0.39, 0.29) is 0 Å². The molecule has 0 aromatic heterocycles. The summed E-state index contributed by atoms with van der Waals surface area (Å²) < 4.78 is 24.1. The fourth-order valence-electron chi connectivity index (χ4n) is 2.23. The summed E-state index contributed by atoms with van der Waals surface area (Å²) >= 11 is 3.30. The monoisotopic (exact) mass is 314 g/mol. The lowest BCUT2D eigenvalue weighted by Crippen LogP contribution is -2.28. The lowest BCUT2D eigenvalue weighted by atomic mass is 10.1. The molecule has 4 nitrogen and oxygen atoms in total. The molecular formula is C11H11BrN2O2S.